The van der Waals surface area contributed by atoms with Crippen LogP contribution in [0.1, 0.15) is 32.3 Å². The maximum absolute atomic E-state index is 13.1. The molecule has 2 N–H and O–H groups in total. The van der Waals surface area contributed by atoms with Crippen LogP contribution in [0.5, 0.6) is 0 Å². The molecule has 0 aliphatic carbocycles. The summed E-state index contributed by atoms with van der Waals surface area (Å²) in [6, 6.07) is 3.54. The fourth-order valence-electron chi connectivity index (χ4n) is 2.07. The molecule has 100 valence electrons. The third-order valence-corrected chi connectivity index (χ3v) is 3.68. The van der Waals surface area contributed by atoms with Crippen LogP contribution in [0.15, 0.2) is 18.2 Å². The highest BCUT2D eigenvalue weighted by molar-refractivity contribution is 5.87. The number of hydrogen-bond donors (Lipinski definition) is 1. The Morgan fingerprint density at radius 2 is 1.83 bits per heavy atom. The van der Waals surface area contributed by atoms with Crippen molar-refractivity contribution in [2.75, 3.05) is 6.54 Å². The van der Waals surface area contributed by atoms with E-state index in [-0.39, 0.29) is 18.7 Å². The average molecular weight is 255 g/mol. The molecule has 1 rings (SSSR count). The molecule has 0 amide bonds. The number of Topliss-reactive ketones (excluding diaryl/α,β-unsaturated/α-hetero) is 1. The van der Waals surface area contributed by atoms with Crippen molar-refractivity contribution >= 4 is 5.78 Å². The summed E-state index contributed by atoms with van der Waals surface area (Å²) < 4.78 is 25.8. The van der Waals surface area contributed by atoms with Crippen LogP contribution in [0.2, 0.25) is 0 Å². The van der Waals surface area contributed by atoms with E-state index in [0.29, 0.717) is 18.4 Å². The summed E-state index contributed by atoms with van der Waals surface area (Å²) in [6.45, 7) is 4.11. The third-order valence-electron chi connectivity index (χ3n) is 3.68. The predicted molar refractivity (Wildman–Crippen MR) is 67.1 cm³/mol. The molecule has 1 aromatic carbocycles. The molecule has 1 aromatic rings. The highest BCUT2D eigenvalue weighted by Gasteiger charge is 2.32. The number of halogens is 2. The van der Waals surface area contributed by atoms with Crippen molar-refractivity contribution in [2.24, 2.45) is 11.1 Å². The van der Waals surface area contributed by atoms with Crippen molar-refractivity contribution in [2.45, 2.75) is 33.1 Å². The number of carbonyl (C=O) groups excluding carboxylic acids is 1. The molecule has 0 fully saturated rings. The Morgan fingerprint density at radius 3 is 2.28 bits per heavy atom. The summed E-state index contributed by atoms with van der Waals surface area (Å²) in [4.78, 5) is 12.2. The molecule has 0 aliphatic rings. The largest absolute Gasteiger partial charge is 0.329 e. The Hall–Kier alpha value is -1.29. The van der Waals surface area contributed by atoms with Gasteiger partial charge in [-0.25, -0.2) is 8.78 Å². The van der Waals surface area contributed by atoms with Crippen LogP contribution in [0, 0.1) is 17.0 Å². The molecule has 0 aromatic heterocycles. The van der Waals surface area contributed by atoms with E-state index in [9.17, 15) is 13.6 Å². The summed E-state index contributed by atoms with van der Waals surface area (Å²) in [6.07, 6.45) is 1.40. The molecule has 0 bridgehead atoms. The average Bonchev–Trinajstić information content (AvgIpc) is 2.37. The molecule has 0 atom stereocenters. The summed E-state index contributed by atoms with van der Waals surface area (Å²) in [5, 5.41) is 0. The standard InChI is InChI=1S/C14H19F2NO/c1-3-14(4-2,9-17)13(18)8-10-5-6-11(15)12(16)7-10/h5-7H,3-4,8-9,17H2,1-2H3. The molecule has 18 heavy (non-hydrogen) atoms. The van der Waals surface area contributed by atoms with Crippen LogP contribution in [-0.4, -0.2) is 12.3 Å². The third kappa shape index (κ3) is 2.93. The summed E-state index contributed by atoms with van der Waals surface area (Å²) in [5.41, 5.74) is 5.62. The van der Waals surface area contributed by atoms with Crippen molar-refractivity contribution in [3.63, 3.8) is 0 Å². The molecular formula is C14H19F2NO. The Balaban J connectivity index is 2.89. The van der Waals surface area contributed by atoms with Gasteiger partial charge in [0.2, 0.25) is 0 Å². The number of ketones is 1. The normalized spacial score (nSPS) is 11.6. The Morgan fingerprint density at radius 1 is 1.22 bits per heavy atom. The van der Waals surface area contributed by atoms with Crippen LogP contribution < -0.4 is 5.73 Å². The Bertz CT molecular complexity index is 420. The van der Waals surface area contributed by atoms with Gasteiger partial charge in [-0.2, -0.15) is 0 Å². The van der Waals surface area contributed by atoms with E-state index in [0.717, 1.165) is 12.1 Å². The zero-order valence-electron chi connectivity index (χ0n) is 10.8. The van der Waals surface area contributed by atoms with E-state index in [1.807, 2.05) is 13.8 Å². The van der Waals surface area contributed by atoms with Crippen LogP contribution >= 0.6 is 0 Å². The second-order valence-corrected chi connectivity index (χ2v) is 4.54. The van der Waals surface area contributed by atoms with Gasteiger partial charge in [0.25, 0.3) is 0 Å². The molecule has 0 unspecified atom stereocenters. The second-order valence-electron chi connectivity index (χ2n) is 4.54. The number of nitrogens with two attached hydrogens (primary N) is 1. The molecule has 0 aliphatic heterocycles. The van der Waals surface area contributed by atoms with Crippen molar-refractivity contribution < 1.29 is 13.6 Å². The molecular weight excluding hydrogens is 236 g/mol. The van der Waals surface area contributed by atoms with Gasteiger partial charge in [0.1, 0.15) is 5.78 Å². The number of benzene rings is 1. The molecule has 0 saturated carbocycles. The van der Waals surface area contributed by atoms with E-state index in [1.165, 1.54) is 6.07 Å². The highest BCUT2D eigenvalue weighted by Crippen LogP contribution is 2.28. The smallest absolute Gasteiger partial charge is 0.159 e. The number of rotatable bonds is 6. The zero-order chi connectivity index (χ0) is 13.8. The van der Waals surface area contributed by atoms with Gasteiger partial charge in [0.05, 0.1) is 0 Å². The first-order chi connectivity index (χ1) is 8.49. The maximum Gasteiger partial charge on any atom is 0.159 e. The summed E-state index contributed by atoms with van der Waals surface area (Å²) >= 11 is 0. The van der Waals surface area contributed by atoms with Gasteiger partial charge in [-0.3, -0.25) is 4.79 Å². The Labute approximate surface area is 106 Å². The van der Waals surface area contributed by atoms with Gasteiger partial charge in [-0.1, -0.05) is 19.9 Å². The van der Waals surface area contributed by atoms with Gasteiger partial charge < -0.3 is 5.73 Å². The minimum atomic E-state index is -0.924. The van der Waals surface area contributed by atoms with Crippen molar-refractivity contribution in [3.05, 3.63) is 35.4 Å². The van der Waals surface area contributed by atoms with E-state index in [4.69, 9.17) is 5.73 Å². The number of carbonyl (C=O) groups is 1. The molecule has 0 heterocycles. The first-order valence-corrected chi connectivity index (χ1v) is 6.16. The van der Waals surface area contributed by atoms with Crippen LogP contribution in [0.25, 0.3) is 0 Å². The lowest BCUT2D eigenvalue weighted by Crippen LogP contribution is -2.38. The van der Waals surface area contributed by atoms with E-state index in [1.54, 1.807) is 0 Å². The first-order valence-electron chi connectivity index (χ1n) is 6.16. The van der Waals surface area contributed by atoms with Crippen LogP contribution in [0.4, 0.5) is 8.78 Å². The maximum atomic E-state index is 13.1. The van der Waals surface area contributed by atoms with Crippen molar-refractivity contribution in [3.8, 4) is 0 Å². The van der Waals surface area contributed by atoms with Crippen LogP contribution in [-0.2, 0) is 11.2 Å². The predicted octanol–water partition coefficient (Wildman–Crippen LogP) is 2.84. The van der Waals surface area contributed by atoms with E-state index in [2.05, 4.69) is 0 Å². The van der Waals surface area contributed by atoms with Gasteiger partial charge in [0.15, 0.2) is 11.6 Å². The SMILES string of the molecule is CCC(CC)(CN)C(=O)Cc1ccc(F)c(F)c1. The van der Waals surface area contributed by atoms with Gasteiger partial charge in [0, 0.05) is 18.4 Å². The van der Waals surface area contributed by atoms with E-state index >= 15 is 0 Å². The van der Waals surface area contributed by atoms with Crippen LogP contribution in [0.3, 0.4) is 0 Å². The van der Waals surface area contributed by atoms with Crippen molar-refractivity contribution in [1.29, 1.82) is 0 Å². The minimum absolute atomic E-state index is 0.0130. The second kappa shape index (κ2) is 6.05. The van der Waals surface area contributed by atoms with Crippen molar-refractivity contribution in [1.82, 2.24) is 0 Å². The first kappa shape index (κ1) is 14.8. The summed E-state index contributed by atoms with van der Waals surface area (Å²) in [5.74, 6) is -1.84. The zero-order valence-corrected chi connectivity index (χ0v) is 10.8. The van der Waals surface area contributed by atoms with Gasteiger partial charge >= 0.3 is 0 Å². The number of hydrogen-bond acceptors (Lipinski definition) is 2. The molecule has 4 heteroatoms. The lowest BCUT2D eigenvalue weighted by atomic mass is 9.76. The molecule has 0 spiro atoms. The highest BCUT2D eigenvalue weighted by atomic mass is 19.2. The minimum Gasteiger partial charge on any atom is -0.329 e. The Kier molecular flexibility index (Phi) is 4.96. The lowest BCUT2D eigenvalue weighted by molar-refractivity contribution is -0.128. The fourth-order valence-corrected chi connectivity index (χ4v) is 2.07. The topological polar surface area (TPSA) is 43.1 Å². The van der Waals surface area contributed by atoms with E-state index < -0.39 is 17.0 Å². The molecule has 0 saturated heterocycles. The monoisotopic (exact) mass is 255 g/mol. The fraction of sp³-hybridized carbons (Fsp3) is 0.500. The van der Waals surface area contributed by atoms with Gasteiger partial charge in [-0.15, -0.1) is 0 Å². The van der Waals surface area contributed by atoms with Gasteiger partial charge in [-0.05, 0) is 30.5 Å². The molecule has 2 nitrogen and oxygen atoms in total. The summed E-state index contributed by atoms with van der Waals surface area (Å²) in [7, 11) is 0. The lowest BCUT2D eigenvalue weighted by Gasteiger charge is -2.28. The quantitative estimate of drug-likeness (QED) is 0.849. The molecule has 0 radical (unpaired) electrons.